The number of nitrogens with one attached hydrogen (secondary N) is 2. The minimum Gasteiger partial charge on any atom is -0.384 e. The van der Waals surface area contributed by atoms with E-state index in [0.717, 1.165) is 25.7 Å². The van der Waals surface area contributed by atoms with Crippen molar-refractivity contribution in [2.45, 2.75) is 64.0 Å². The van der Waals surface area contributed by atoms with Gasteiger partial charge in [-0.2, -0.15) is 0 Å². The second-order valence-corrected chi connectivity index (χ2v) is 13.2. The highest BCUT2D eigenvalue weighted by molar-refractivity contribution is 7.11. The fourth-order valence-corrected chi connectivity index (χ4v) is 7.56. The summed E-state index contributed by atoms with van der Waals surface area (Å²) < 4.78 is 11.7. The minimum absolute atomic E-state index is 0.0818. The Kier molecular flexibility index (Phi) is 9.76. The third-order valence-electron chi connectivity index (χ3n) is 9.43. The highest BCUT2D eigenvalue weighted by Gasteiger charge is 2.55. The second-order valence-electron chi connectivity index (χ2n) is 12.3. The number of amides is 3. The third kappa shape index (κ3) is 6.53. The van der Waals surface area contributed by atoms with Crippen molar-refractivity contribution in [1.82, 2.24) is 25.4 Å². The van der Waals surface area contributed by atoms with Gasteiger partial charge in [-0.05, 0) is 44.4 Å². The number of thiazole rings is 1. The highest BCUT2D eigenvalue weighted by Crippen LogP contribution is 2.40. The molecule has 4 aliphatic rings. The minimum atomic E-state index is -0.770. The van der Waals surface area contributed by atoms with Gasteiger partial charge in [-0.1, -0.05) is 19.3 Å². The fourth-order valence-electron chi connectivity index (χ4n) is 6.97. The topological polar surface area (TPSA) is 113 Å². The summed E-state index contributed by atoms with van der Waals surface area (Å²) in [5.41, 5.74) is 1.33. The molecule has 222 valence electrons. The Morgan fingerprint density at radius 2 is 1.88 bits per heavy atom. The van der Waals surface area contributed by atoms with Gasteiger partial charge in [0.2, 0.25) is 11.8 Å². The molecule has 3 amide bonds. The van der Waals surface area contributed by atoms with Crippen molar-refractivity contribution < 1.29 is 23.9 Å². The van der Waals surface area contributed by atoms with Crippen molar-refractivity contribution in [3.63, 3.8) is 0 Å². The molecule has 0 aromatic carbocycles. The molecule has 1 saturated carbocycles. The molecule has 1 aromatic heterocycles. The van der Waals surface area contributed by atoms with Crippen LogP contribution in [0.3, 0.4) is 0 Å². The molecule has 5 rings (SSSR count). The van der Waals surface area contributed by atoms with E-state index in [1.54, 1.807) is 23.7 Å². The number of methoxy groups -OCH3 is 1. The van der Waals surface area contributed by atoms with Gasteiger partial charge in [-0.15, -0.1) is 11.3 Å². The number of hydrogen-bond acceptors (Lipinski definition) is 8. The maximum atomic E-state index is 14.0. The van der Waals surface area contributed by atoms with E-state index in [0.29, 0.717) is 69.2 Å². The molecule has 0 radical (unpaired) electrons. The summed E-state index contributed by atoms with van der Waals surface area (Å²) in [4.78, 5) is 49.3. The fraction of sp³-hybridized carbons (Fsp3) is 0.793. The molecule has 3 aliphatic heterocycles. The van der Waals surface area contributed by atoms with Crippen LogP contribution in [0.1, 0.15) is 61.5 Å². The summed E-state index contributed by atoms with van der Waals surface area (Å²) in [6.45, 7) is 6.66. The van der Waals surface area contributed by atoms with Crippen LogP contribution in [0.5, 0.6) is 0 Å². The number of carbonyl (C=O) groups is 3. The van der Waals surface area contributed by atoms with E-state index in [-0.39, 0.29) is 23.1 Å². The highest BCUT2D eigenvalue weighted by atomic mass is 32.1. The summed E-state index contributed by atoms with van der Waals surface area (Å²) in [5, 5.41) is 6.45. The standard InChI is InChI=1S/C29H45N5O5S/c1-20(39-15-21-7-4-3-5-8-21)25(28(37)33-10-6-9-22(12-33)14-38-2)32-26(35)23-13-34(18-29(23)16-31-17-29)27(36)24-11-30-19-40-24/h11,19-23,25,31H,3-10,12-18H2,1-2H3,(H,32,35)/t20-,22+,23+,25+/m1/s1. The summed E-state index contributed by atoms with van der Waals surface area (Å²) >= 11 is 1.31. The Morgan fingerprint density at radius 3 is 2.55 bits per heavy atom. The van der Waals surface area contributed by atoms with Gasteiger partial charge < -0.3 is 29.9 Å². The Morgan fingerprint density at radius 1 is 1.10 bits per heavy atom. The summed E-state index contributed by atoms with van der Waals surface area (Å²) in [6.07, 6.45) is 9.13. The zero-order chi connectivity index (χ0) is 28.1. The van der Waals surface area contributed by atoms with Gasteiger partial charge in [-0.25, -0.2) is 0 Å². The van der Waals surface area contributed by atoms with Crippen LogP contribution in [0.4, 0.5) is 0 Å². The van der Waals surface area contributed by atoms with Gasteiger partial charge in [0.1, 0.15) is 10.9 Å². The lowest BCUT2D eigenvalue weighted by Gasteiger charge is -2.43. The first-order valence-corrected chi connectivity index (χ1v) is 15.9. The molecule has 1 spiro atoms. The van der Waals surface area contributed by atoms with E-state index < -0.39 is 18.1 Å². The van der Waals surface area contributed by atoms with Crippen molar-refractivity contribution in [3.05, 3.63) is 16.6 Å². The molecule has 1 aromatic rings. The first-order chi connectivity index (χ1) is 19.4. The number of likely N-dealkylation sites (tertiary alicyclic amines) is 2. The van der Waals surface area contributed by atoms with Crippen molar-refractivity contribution in [2.75, 3.05) is 59.6 Å². The monoisotopic (exact) mass is 575 g/mol. The molecule has 4 fully saturated rings. The Labute approximate surface area is 241 Å². The molecule has 3 saturated heterocycles. The molecule has 40 heavy (non-hydrogen) atoms. The number of nitrogens with zero attached hydrogens (tertiary/aromatic N) is 3. The number of aromatic nitrogens is 1. The van der Waals surface area contributed by atoms with Gasteiger partial charge in [0, 0.05) is 58.4 Å². The lowest BCUT2D eigenvalue weighted by Crippen LogP contribution is -2.63. The van der Waals surface area contributed by atoms with Crippen LogP contribution in [0.25, 0.3) is 0 Å². The smallest absolute Gasteiger partial charge is 0.265 e. The maximum Gasteiger partial charge on any atom is 0.265 e. The van der Waals surface area contributed by atoms with Crippen molar-refractivity contribution >= 4 is 29.1 Å². The van der Waals surface area contributed by atoms with Crippen LogP contribution < -0.4 is 10.6 Å². The van der Waals surface area contributed by atoms with Gasteiger partial charge in [0.15, 0.2) is 0 Å². The number of rotatable bonds is 10. The summed E-state index contributed by atoms with van der Waals surface area (Å²) in [7, 11) is 1.70. The first kappa shape index (κ1) is 29.4. The molecule has 0 bridgehead atoms. The van der Waals surface area contributed by atoms with Gasteiger partial charge >= 0.3 is 0 Å². The number of ether oxygens (including phenoxy) is 2. The predicted octanol–water partition coefficient (Wildman–Crippen LogP) is 2.16. The second kappa shape index (κ2) is 13.3. The summed E-state index contributed by atoms with van der Waals surface area (Å²) in [5.74, 6) is 0.0734. The number of carbonyl (C=O) groups excluding carboxylic acids is 3. The summed E-state index contributed by atoms with van der Waals surface area (Å²) in [6, 6.07) is -0.770. The van der Waals surface area contributed by atoms with Crippen LogP contribution in [0.2, 0.25) is 0 Å². The lowest BCUT2D eigenvalue weighted by atomic mass is 9.72. The zero-order valence-electron chi connectivity index (χ0n) is 23.9. The lowest BCUT2D eigenvalue weighted by molar-refractivity contribution is -0.145. The van der Waals surface area contributed by atoms with E-state index >= 15 is 0 Å². The molecule has 4 atom stereocenters. The maximum absolute atomic E-state index is 14.0. The molecule has 4 heterocycles. The van der Waals surface area contributed by atoms with Gasteiger partial charge in [0.05, 0.1) is 30.3 Å². The Hall–Kier alpha value is -2.08. The quantitative estimate of drug-likeness (QED) is 0.440. The van der Waals surface area contributed by atoms with E-state index in [4.69, 9.17) is 9.47 Å². The molecular weight excluding hydrogens is 530 g/mol. The normalized spacial score (nSPS) is 26.4. The zero-order valence-corrected chi connectivity index (χ0v) is 24.8. The molecule has 10 nitrogen and oxygen atoms in total. The van der Waals surface area contributed by atoms with E-state index in [1.165, 1.54) is 30.6 Å². The average Bonchev–Trinajstić information content (AvgIpc) is 3.64. The third-order valence-corrected chi connectivity index (χ3v) is 10.2. The van der Waals surface area contributed by atoms with Crippen molar-refractivity contribution in [3.8, 4) is 0 Å². The number of hydrogen-bond donors (Lipinski definition) is 2. The average molecular weight is 576 g/mol. The van der Waals surface area contributed by atoms with Crippen LogP contribution >= 0.6 is 11.3 Å². The van der Waals surface area contributed by atoms with E-state index in [2.05, 4.69) is 15.6 Å². The number of piperidine rings is 1. The van der Waals surface area contributed by atoms with Crippen molar-refractivity contribution in [2.24, 2.45) is 23.2 Å². The molecule has 0 unspecified atom stereocenters. The van der Waals surface area contributed by atoms with Crippen molar-refractivity contribution in [1.29, 1.82) is 0 Å². The van der Waals surface area contributed by atoms with E-state index in [1.807, 2.05) is 11.8 Å². The predicted molar refractivity (Wildman–Crippen MR) is 152 cm³/mol. The van der Waals surface area contributed by atoms with Crippen LogP contribution in [-0.2, 0) is 19.1 Å². The van der Waals surface area contributed by atoms with E-state index in [9.17, 15) is 14.4 Å². The molecule has 1 aliphatic carbocycles. The van der Waals surface area contributed by atoms with Gasteiger partial charge in [-0.3, -0.25) is 19.4 Å². The Bertz CT molecular complexity index is 1010. The molecule has 11 heteroatoms. The Balaban J connectivity index is 1.29. The molecular formula is C29H45N5O5S. The largest absolute Gasteiger partial charge is 0.384 e. The van der Waals surface area contributed by atoms with Gasteiger partial charge in [0.25, 0.3) is 5.91 Å². The van der Waals surface area contributed by atoms with Crippen LogP contribution in [0.15, 0.2) is 11.7 Å². The van der Waals surface area contributed by atoms with Crippen LogP contribution in [-0.4, -0.2) is 104 Å². The van der Waals surface area contributed by atoms with Crippen LogP contribution in [0, 0.1) is 23.2 Å². The first-order valence-electron chi connectivity index (χ1n) is 15.0. The molecule has 2 N–H and O–H groups in total. The SMILES string of the molecule is COC[C@H]1CCCN(C(=O)[C@@H](NC(=O)[C@@H]2CN(C(=O)c3cncs3)CC23CNC3)[C@@H](C)OCC2CCCCC2)C1.